The molecular formula is C14H22N4O. The van der Waals surface area contributed by atoms with Crippen LogP contribution in [0.25, 0.3) is 0 Å². The van der Waals surface area contributed by atoms with E-state index in [1.807, 2.05) is 0 Å². The van der Waals surface area contributed by atoms with Gasteiger partial charge in [-0.2, -0.15) is 5.10 Å². The van der Waals surface area contributed by atoms with Crippen LogP contribution in [0.1, 0.15) is 55.3 Å². The van der Waals surface area contributed by atoms with Crippen molar-refractivity contribution in [3.05, 3.63) is 18.0 Å². The molecule has 1 aromatic rings. The first-order valence-electron chi connectivity index (χ1n) is 7.32. The van der Waals surface area contributed by atoms with E-state index >= 15 is 0 Å². The highest BCUT2D eigenvalue weighted by Gasteiger charge is 2.37. The van der Waals surface area contributed by atoms with Crippen LogP contribution >= 0.6 is 0 Å². The number of aromatic amines is 1. The average Bonchev–Trinajstić information content (AvgIpc) is 2.93. The monoisotopic (exact) mass is 262 g/mol. The smallest absolute Gasteiger partial charge is 0.254 e. The van der Waals surface area contributed by atoms with Crippen LogP contribution in [0, 0.1) is 0 Å². The van der Waals surface area contributed by atoms with Gasteiger partial charge in [0, 0.05) is 17.8 Å². The standard InChI is InChI=1S/C14H22N4O/c19-13(11-9-16-17-10-11)18-12-4-7-15-14(8-12)5-2-1-3-6-14/h9-10,12,15H,1-8H2,(H,16,17)(H,18,19). The van der Waals surface area contributed by atoms with Gasteiger partial charge in [-0.3, -0.25) is 9.89 Å². The summed E-state index contributed by atoms with van der Waals surface area (Å²) in [5.74, 6) is -0.00777. The maximum atomic E-state index is 12.1. The van der Waals surface area contributed by atoms with Crippen molar-refractivity contribution in [3.63, 3.8) is 0 Å². The van der Waals surface area contributed by atoms with Gasteiger partial charge in [0.2, 0.25) is 0 Å². The van der Waals surface area contributed by atoms with Crippen LogP contribution in [0.15, 0.2) is 12.4 Å². The average molecular weight is 262 g/mol. The molecule has 1 spiro atoms. The Bertz CT molecular complexity index is 417. The summed E-state index contributed by atoms with van der Waals surface area (Å²) in [6.07, 6.45) is 11.8. The van der Waals surface area contributed by atoms with E-state index in [9.17, 15) is 4.79 Å². The quantitative estimate of drug-likeness (QED) is 0.758. The summed E-state index contributed by atoms with van der Waals surface area (Å²) in [7, 11) is 0. The highest BCUT2D eigenvalue weighted by Crippen LogP contribution is 2.34. The highest BCUT2D eigenvalue weighted by molar-refractivity contribution is 5.93. The molecule has 0 bridgehead atoms. The molecule has 2 heterocycles. The van der Waals surface area contributed by atoms with Gasteiger partial charge in [0.1, 0.15) is 0 Å². The van der Waals surface area contributed by atoms with Gasteiger partial charge in [0.05, 0.1) is 11.8 Å². The van der Waals surface area contributed by atoms with Crippen molar-refractivity contribution in [2.24, 2.45) is 0 Å². The lowest BCUT2D eigenvalue weighted by Crippen LogP contribution is -2.57. The number of nitrogens with one attached hydrogen (secondary N) is 3. The zero-order valence-electron chi connectivity index (χ0n) is 11.2. The Morgan fingerprint density at radius 1 is 1.37 bits per heavy atom. The number of rotatable bonds is 2. The SMILES string of the molecule is O=C(NC1CCNC2(CCCCC2)C1)c1cn[nH]c1. The Labute approximate surface area is 113 Å². The number of hydrogen-bond donors (Lipinski definition) is 3. The Hall–Kier alpha value is -1.36. The Morgan fingerprint density at radius 2 is 2.21 bits per heavy atom. The predicted molar refractivity (Wildman–Crippen MR) is 72.9 cm³/mol. The molecule has 0 radical (unpaired) electrons. The molecule has 0 aromatic carbocycles. The van der Waals surface area contributed by atoms with Gasteiger partial charge in [-0.15, -0.1) is 0 Å². The lowest BCUT2D eigenvalue weighted by atomic mass is 9.75. The number of nitrogens with zero attached hydrogens (tertiary/aromatic N) is 1. The van der Waals surface area contributed by atoms with Gasteiger partial charge in [-0.1, -0.05) is 19.3 Å². The molecule has 3 N–H and O–H groups in total. The molecule has 1 aliphatic heterocycles. The summed E-state index contributed by atoms with van der Waals surface area (Å²) >= 11 is 0. The van der Waals surface area contributed by atoms with E-state index in [2.05, 4.69) is 20.8 Å². The third-order valence-corrected chi connectivity index (χ3v) is 4.54. The summed E-state index contributed by atoms with van der Waals surface area (Å²) in [6.45, 7) is 1.01. The van der Waals surface area contributed by atoms with Crippen LogP contribution in [0.4, 0.5) is 0 Å². The minimum Gasteiger partial charge on any atom is -0.349 e. The first-order chi connectivity index (χ1) is 9.27. The Morgan fingerprint density at radius 3 is 2.95 bits per heavy atom. The summed E-state index contributed by atoms with van der Waals surface area (Å²) in [6, 6.07) is 0.293. The summed E-state index contributed by atoms with van der Waals surface area (Å²) in [4.78, 5) is 12.1. The first kappa shape index (κ1) is 12.7. The maximum Gasteiger partial charge on any atom is 0.254 e. The second-order valence-electron chi connectivity index (χ2n) is 5.92. The number of aromatic nitrogens is 2. The number of amides is 1. The van der Waals surface area contributed by atoms with Gasteiger partial charge >= 0.3 is 0 Å². The number of hydrogen-bond acceptors (Lipinski definition) is 3. The van der Waals surface area contributed by atoms with Crippen LogP contribution in [-0.2, 0) is 0 Å². The lowest BCUT2D eigenvalue weighted by Gasteiger charge is -2.44. The van der Waals surface area contributed by atoms with Gasteiger partial charge in [-0.05, 0) is 32.2 Å². The van der Waals surface area contributed by atoms with E-state index in [-0.39, 0.29) is 11.4 Å². The minimum atomic E-state index is -0.00777. The Balaban J connectivity index is 1.60. The lowest BCUT2D eigenvalue weighted by molar-refractivity contribution is 0.0893. The fraction of sp³-hybridized carbons (Fsp3) is 0.714. The van der Waals surface area contributed by atoms with Crippen LogP contribution in [-0.4, -0.2) is 34.2 Å². The topological polar surface area (TPSA) is 69.8 Å². The van der Waals surface area contributed by atoms with E-state index in [4.69, 9.17) is 0 Å². The van der Waals surface area contributed by atoms with Gasteiger partial charge in [-0.25, -0.2) is 0 Å². The largest absolute Gasteiger partial charge is 0.349 e. The van der Waals surface area contributed by atoms with Crippen molar-refractivity contribution in [2.45, 2.75) is 56.5 Å². The van der Waals surface area contributed by atoms with Crippen LogP contribution in [0.2, 0.25) is 0 Å². The van der Waals surface area contributed by atoms with E-state index in [0.717, 1.165) is 19.4 Å². The van der Waals surface area contributed by atoms with Crippen LogP contribution in [0.5, 0.6) is 0 Å². The number of piperidine rings is 1. The second-order valence-corrected chi connectivity index (χ2v) is 5.92. The number of carbonyl (C=O) groups excluding carboxylic acids is 1. The molecule has 1 amide bonds. The molecule has 1 saturated carbocycles. The molecular weight excluding hydrogens is 240 g/mol. The first-order valence-corrected chi connectivity index (χ1v) is 7.32. The highest BCUT2D eigenvalue weighted by atomic mass is 16.1. The summed E-state index contributed by atoms with van der Waals surface area (Å²) in [5.41, 5.74) is 0.904. The molecule has 5 heteroatoms. The minimum absolute atomic E-state index is 0.00777. The third-order valence-electron chi connectivity index (χ3n) is 4.54. The van der Waals surface area contributed by atoms with Crippen molar-refractivity contribution < 1.29 is 4.79 Å². The van der Waals surface area contributed by atoms with Crippen molar-refractivity contribution in [1.82, 2.24) is 20.8 Å². The fourth-order valence-corrected chi connectivity index (χ4v) is 3.53. The van der Waals surface area contributed by atoms with Crippen molar-refractivity contribution in [1.29, 1.82) is 0 Å². The molecule has 1 aromatic heterocycles. The van der Waals surface area contributed by atoms with Gasteiger partial charge in [0.25, 0.3) is 5.91 Å². The molecule has 104 valence electrons. The molecule has 1 saturated heterocycles. The summed E-state index contributed by atoms with van der Waals surface area (Å²) < 4.78 is 0. The number of carbonyl (C=O) groups is 1. The molecule has 2 fully saturated rings. The van der Waals surface area contributed by atoms with Crippen molar-refractivity contribution >= 4 is 5.91 Å². The zero-order chi connectivity index (χ0) is 13.1. The fourth-order valence-electron chi connectivity index (χ4n) is 3.53. The summed E-state index contributed by atoms with van der Waals surface area (Å²) in [5, 5.41) is 13.4. The zero-order valence-corrected chi connectivity index (χ0v) is 11.2. The molecule has 1 aliphatic carbocycles. The van der Waals surface area contributed by atoms with E-state index in [0.29, 0.717) is 11.6 Å². The molecule has 2 aliphatic rings. The normalized spacial score (nSPS) is 26.2. The number of H-pyrrole nitrogens is 1. The molecule has 1 unspecified atom stereocenters. The second kappa shape index (κ2) is 5.33. The van der Waals surface area contributed by atoms with E-state index < -0.39 is 0 Å². The van der Waals surface area contributed by atoms with Gasteiger partial charge < -0.3 is 10.6 Å². The van der Waals surface area contributed by atoms with E-state index in [1.165, 1.54) is 32.1 Å². The van der Waals surface area contributed by atoms with Gasteiger partial charge in [0.15, 0.2) is 0 Å². The van der Waals surface area contributed by atoms with Crippen molar-refractivity contribution in [3.8, 4) is 0 Å². The molecule has 3 rings (SSSR count). The Kier molecular flexibility index (Phi) is 3.55. The maximum absolute atomic E-state index is 12.1. The van der Waals surface area contributed by atoms with Crippen LogP contribution in [0.3, 0.4) is 0 Å². The predicted octanol–water partition coefficient (Wildman–Crippen LogP) is 1.59. The molecule has 19 heavy (non-hydrogen) atoms. The molecule has 5 nitrogen and oxygen atoms in total. The molecule has 1 atom stereocenters. The van der Waals surface area contributed by atoms with E-state index in [1.54, 1.807) is 12.4 Å². The van der Waals surface area contributed by atoms with Crippen LogP contribution < -0.4 is 10.6 Å². The van der Waals surface area contributed by atoms with Crippen molar-refractivity contribution in [2.75, 3.05) is 6.54 Å². The third kappa shape index (κ3) is 2.81.